The van der Waals surface area contributed by atoms with Crippen molar-refractivity contribution in [2.45, 2.75) is 49.7 Å². The van der Waals surface area contributed by atoms with Gasteiger partial charge in [-0.25, -0.2) is 0 Å². The average molecular weight is 371 g/mol. The van der Waals surface area contributed by atoms with Gasteiger partial charge in [-0.05, 0) is 55.4 Å². The first-order chi connectivity index (χ1) is 13.1. The van der Waals surface area contributed by atoms with Crippen LogP contribution in [0.1, 0.15) is 43.2 Å². The number of nitrogens with one attached hydrogen (secondary N) is 1. The molecule has 1 saturated carbocycles. The number of hydrogen-bond acceptors (Lipinski definition) is 4. The molecule has 2 aliphatic carbocycles. The molecule has 0 radical (unpaired) electrons. The number of aryl methyl sites for hydroxylation is 1. The van der Waals surface area contributed by atoms with Gasteiger partial charge in [-0.15, -0.1) is 6.58 Å². The molecule has 1 aromatic rings. The van der Waals surface area contributed by atoms with E-state index in [2.05, 4.69) is 24.0 Å². The Morgan fingerprint density at radius 2 is 2.15 bits per heavy atom. The van der Waals surface area contributed by atoms with E-state index in [1.165, 1.54) is 11.1 Å². The highest BCUT2D eigenvalue weighted by Crippen LogP contribution is 2.53. The Hall–Kier alpha value is -1.85. The maximum atomic E-state index is 12.2. The first-order valence-electron chi connectivity index (χ1n) is 9.98. The van der Waals surface area contributed by atoms with Crippen LogP contribution in [0.2, 0.25) is 0 Å². The number of hydrogen-bond donors (Lipinski definition) is 1. The van der Waals surface area contributed by atoms with Crippen LogP contribution in [0.5, 0.6) is 5.75 Å². The van der Waals surface area contributed by atoms with Crippen LogP contribution < -0.4 is 10.1 Å². The van der Waals surface area contributed by atoms with Crippen molar-refractivity contribution in [2.24, 2.45) is 5.92 Å². The summed E-state index contributed by atoms with van der Waals surface area (Å²) in [5.41, 5.74) is 2.12. The van der Waals surface area contributed by atoms with Crippen molar-refractivity contribution in [2.75, 3.05) is 26.9 Å². The number of carbonyl (C=O) groups is 1. The van der Waals surface area contributed by atoms with Crippen LogP contribution in [-0.2, 0) is 26.1 Å². The van der Waals surface area contributed by atoms with Crippen LogP contribution in [0, 0.1) is 5.92 Å². The summed E-state index contributed by atoms with van der Waals surface area (Å²) in [6.07, 6.45) is 7.18. The van der Waals surface area contributed by atoms with Crippen molar-refractivity contribution < 1.29 is 19.0 Å². The zero-order valence-electron chi connectivity index (χ0n) is 16.1. The smallest absolute Gasteiger partial charge is 0.223 e. The van der Waals surface area contributed by atoms with Gasteiger partial charge in [0.2, 0.25) is 5.91 Å². The summed E-state index contributed by atoms with van der Waals surface area (Å²) in [4.78, 5) is 12.2. The predicted octanol–water partition coefficient (Wildman–Crippen LogP) is 3.11. The molecule has 4 rings (SSSR count). The van der Waals surface area contributed by atoms with Crippen LogP contribution in [0.3, 0.4) is 0 Å². The monoisotopic (exact) mass is 371 g/mol. The third-order valence-electron chi connectivity index (χ3n) is 6.33. The molecule has 1 spiro atoms. The molecular weight excluding hydrogens is 342 g/mol. The number of rotatable bonds is 7. The topological polar surface area (TPSA) is 56.8 Å². The summed E-state index contributed by atoms with van der Waals surface area (Å²) < 4.78 is 18.1. The normalized spacial score (nSPS) is 25.8. The number of ether oxygens (including phenoxy) is 3. The predicted molar refractivity (Wildman–Crippen MR) is 103 cm³/mol. The van der Waals surface area contributed by atoms with E-state index in [1.807, 2.05) is 12.1 Å². The molecule has 5 nitrogen and oxygen atoms in total. The Morgan fingerprint density at radius 1 is 1.37 bits per heavy atom. The molecule has 1 aliphatic heterocycles. The van der Waals surface area contributed by atoms with Crippen molar-refractivity contribution in [1.29, 1.82) is 0 Å². The van der Waals surface area contributed by atoms with Gasteiger partial charge < -0.3 is 19.5 Å². The largest absolute Gasteiger partial charge is 0.497 e. The molecule has 1 aromatic carbocycles. The highest BCUT2D eigenvalue weighted by atomic mass is 16.7. The Bertz CT molecular complexity index is 721. The minimum Gasteiger partial charge on any atom is -0.497 e. The molecule has 3 aliphatic rings. The van der Waals surface area contributed by atoms with Gasteiger partial charge in [0.1, 0.15) is 5.75 Å². The van der Waals surface area contributed by atoms with E-state index in [4.69, 9.17) is 14.2 Å². The van der Waals surface area contributed by atoms with Crippen LogP contribution in [0.15, 0.2) is 30.9 Å². The molecule has 1 saturated heterocycles. The zero-order valence-corrected chi connectivity index (χ0v) is 16.1. The Morgan fingerprint density at radius 3 is 2.81 bits per heavy atom. The quantitative estimate of drug-likeness (QED) is 0.748. The van der Waals surface area contributed by atoms with Crippen LogP contribution in [-0.4, -0.2) is 38.6 Å². The second-order valence-corrected chi connectivity index (χ2v) is 7.86. The number of methoxy groups -OCH3 is 1. The standard InChI is InChI=1S/C22H29NO4/c1-3-9-21(11-12-23-20(24)17-4-5-17)19-15-18(25-2)7-6-16(19)8-10-22(21)26-13-14-27-22/h3,6-7,15,17H,1,4-5,8-14H2,2H3,(H,23,24). The number of allylic oxidation sites excluding steroid dienone is 1. The highest BCUT2D eigenvalue weighted by Gasteiger charge is 2.58. The van der Waals surface area contributed by atoms with Crippen molar-refractivity contribution in [3.63, 3.8) is 0 Å². The molecule has 0 aromatic heterocycles. The van der Waals surface area contributed by atoms with E-state index in [1.54, 1.807) is 7.11 Å². The van der Waals surface area contributed by atoms with Crippen molar-refractivity contribution in [3.05, 3.63) is 42.0 Å². The van der Waals surface area contributed by atoms with Crippen LogP contribution in [0.25, 0.3) is 0 Å². The second kappa shape index (κ2) is 7.28. The second-order valence-electron chi connectivity index (χ2n) is 7.86. The lowest BCUT2D eigenvalue weighted by atomic mass is 9.62. The van der Waals surface area contributed by atoms with Gasteiger partial charge >= 0.3 is 0 Å². The maximum absolute atomic E-state index is 12.2. The first kappa shape index (κ1) is 18.5. The summed E-state index contributed by atoms with van der Waals surface area (Å²) in [6.45, 7) is 5.83. The van der Waals surface area contributed by atoms with Gasteiger partial charge in [-0.3, -0.25) is 4.79 Å². The van der Waals surface area contributed by atoms with Gasteiger partial charge in [0.25, 0.3) is 0 Å². The van der Waals surface area contributed by atoms with E-state index in [0.29, 0.717) is 19.8 Å². The molecule has 0 bridgehead atoms. The zero-order chi connectivity index (χ0) is 18.9. The lowest BCUT2D eigenvalue weighted by Crippen LogP contribution is -2.56. The van der Waals surface area contributed by atoms with E-state index in [-0.39, 0.29) is 17.2 Å². The van der Waals surface area contributed by atoms with Gasteiger partial charge in [0.15, 0.2) is 5.79 Å². The van der Waals surface area contributed by atoms with Gasteiger partial charge in [0.05, 0.1) is 25.7 Å². The Balaban J connectivity index is 1.71. The average Bonchev–Trinajstić information content (AvgIpc) is 3.43. The molecule has 146 valence electrons. The fourth-order valence-electron chi connectivity index (χ4n) is 4.79. The van der Waals surface area contributed by atoms with E-state index >= 15 is 0 Å². The molecule has 1 unspecified atom stereocenters. The van der Waals surface area contributed by atoms with Crippen LogP contribution in [0.4, 0.5) is 0 Å². The maximum Gasteiger partial charge on any atom is 0.223 e. The Labute approximate surface area is 161 Å². The fraction of sp³-hybridized carbons (Fsp3) is 0.591. The first-order valence-corrected chi connectivity index (χ1v) is 9.98. The summed E-state index contributed by atoms with van der Waals surface area (Å²) >= 11 is 0. The summed E-state index contributed by atoms with van der Waals surface area (Å²) in [5.74, 6) is 0.559. The molecule has 2 fully saturated rings. The SMILES string of the molecule is C=CCC1(CCNC(=O)C2CC2)c2cc(OC)ccc2CCC12OCCO2. The molecule has 1 amide bonds. The molecule has 1 N–H and O–H groups in total. The third-order valence-corrected chi connectivity index (χ3v) is 6.33. The summed E-state index contributed by atoms with van der Waals surface area (Å²) in [5, 5.41) is 3.13. The Kier molecular flexibility index (Phi) is 4.99. The van der Waals surface area contributed by atoms with E-state index in [0.717, 1.165) is 44.3 Å². The lowest BCUT2D eigenvalue weighted by Gasteiger charge is -2.51. The molecular formula is C22H29NO4. The van der Waals surface area contributed by atoms with Crippen molar-refractivity contribution in [1.82, 2.24) is 5.32 Å². The summed E-state index contributed by atoms with van der Waals surface area (Å²) in [6, 6.07) is 6.28. The molecule has 27 heavy (non-hydrogen) atoms. The van der Waals surface area contributed by atoms with E-state index < -0.39 is 5.79 Å². The van der Waals surface area contributed by atoms with Crippen molar-refractivity contribution in [3.8, 4) is 5.75 Å². The van der Waals surface area contributed by atoms with Crippen molar-refractivity contribution >= 4 is 5.91 Å². The molecule has 1 atom stereocenters. The highest BCUT2D eigenvalue weighted by molar-refractivity contribution is 5.80. The minimum atomic E-state index is -0.662. The lowest BCUT2D eigenvalue weighted by molar-refractivity contribution is -0.219. The summed E-state index contributed by atoms with van der Waals surface area (Å²) in [7, 11) is 1.69. The minimum absolute atomic E-state index is 0.174. The van der Waals surface area contributed by atoms with Crippen LogP contribution >= 0.6 is 0 Å². The van der Waals surface area contributed by atoms with Gasteiger partial charge in [-0.1, -0.05) is 12.1 Å². The number of amides is 1. The molecule has 1 heterocycles. The number of benzene rings is 1. The molecule has 5 heteroatoms. The fourth-order valence-corrected chi connectivity index (χ4v) is 4.79. The van der Waals surface area contributed by atoms with Gasteiger partial charge in [0, 0.05) is 18.9 Å². The third kappa shape index (κ3) is 3.17. The van der Waals surface area contributed by atoms with Gasteiger partial charge in [-0.2, -0.15) is 0 Å². The van der Waals surface area contributed by atoms with E-state index in [9.17, 15) is 4.79 Å². The number of fused-ring (bicyclic) bond motifs is 1. The number of carbonyl (C=O) groups excluding carboxylic acids is 1.